The average molecular weight is 355 g/mol. The highest BCUT2D eigenvalue weighted by Gasteiger charge is 2.38. The Morgan fingerprint density at radius 2 is 1.92 bits per heavy atom. The predicted molar refractivity (Wildman–Crippen MR) is 101 cm³/mol. The van der Waals surface area contributed by atoms with E-state index in [-0.39, 0.29) is 23.7 Å². The predicted octanol–water partition coefficient (Wildman–Crippen LogP) is 3.42. The lowest BCUT2D eigenvalue weighted by Crippen LogP contribution is -2.46. The summed E-state index contributed by atoms with van der Waals surface area (Å²) in [7, 11) is 1.71. The first-order valence-corrected chi connectivity index (χ1v) is 8.65. The highest BCUT2D eigenvalue weighted by molar-refractivity contribution is 5.85. The van der Waals surface area contributed by atoms with Gasteiger partial charge in [-0.25, -0.2) is 0 Å². The van der Waals surface area contributed by atoms with Crippen LogP contribution in [0.25, 0.3) is 0 Å². The number of nitrogens with one attached hydrogen (secondary N) is 1. The van der Waals surface area contributed by atoms with Crippen molar-refractivity contribution in [2.24, 2.45) is 11.7 Å². The molecule has 1 aliphatic rings. The Labute approximate surface area is 151 Å². The SMILES string of the molecule is COc1ccccc1C1(CNC(=O)[C@@H](N)CC(C)C)CCCC1.Cl. The molecule has 4 nitrogen and oxygen atoms in total. The van der Waals surface area contributed by atoms with Gasteiger partial charge in [0.1, 0.15) is 5.75 Å². The summed E-state index contributed by atoms with van der Waals surface area (Å²) in [6.07, 6.45) is 5.24. The highest BCUT2D eigenvalue weighted by atomic mass is 35.5. The van der Waals surface area contributed by atoms with Crippen LogP contribution < -0.4 is 15.8 Å². The summed E-state index contributed by atoms with van der Waals surface area (Å²) in [6.45, 7) is 4.80. The van der Waals surface area contributed by atoms with Gasteiger partial charge < -0.3 is 15.8 Å². The molecule has 1 atom stereocenters. The van der Waals surface area contributed by atoms with Crippen LogP contribution in [0.3, 0.4) is 0 Å². The number of rotatable bonds is 7. The molecule has 0 aliphatic heterocycles. The summed E-state index contributed by atoms with van der Waals surface area (Å²) in [6, 6.07) is 7.74. The molecular formula is C19H31ClN2O2. The minimum Gasteiger partial charge on any atom is -0.496 e. The minimum absolute atomic E-state index is 0. The zero-order chi connectivity index (χ0) is 16.9. The Morgan fingerprint density at radius 1 is 1.29 bits per heavy atom. The molecule has 0 heterocycles. The second kappa shape index (κ2) is 9.28. The van der Waals surface area contributed by atoms with Crippen LogP contribution in [0, 0.1) is 5.92 Å². The number of benzene rings is 1. The van der Waals surface area contributed by atoms with Crippen molar-refractivity contribution in [1.29, 1.82) is 0 Å². The number of carbonyl (C=O) groups excluding carboxylic acids is 1. The average Bonchev–Trinajstić information content (AvgIpc) is 3.02. The number of amides is 1. The molecule has 5 heteroatoms. The van der Waals surface area contributed by atoms with Crippen molar-refractivity contribution < 1.29 is 9.53 Å². The fraction of sp³-hybridized carbons (Fsp3) is 0.632. The largest absolute Gasteiger partial charge is 0.496 e. The molecule has 0 spiro atoms. The van der Waals surface area contributed by atoms with E-state index < -0.39 is 6.04 Å². The first kappa shape index (κ1) is 20.8. The van der Waals surface area contributed by atoms with Gasteiger partial charge in [-0.15, -0.1) is 12.4 Å². The zero-order valence-corrected chi connectivity index (χ0v) is 15.8. The van der Waals surface area contributed by atoms with Crippen molar-refractivity contribution in [3.8, 4) is 5.75 Å². The molecule has 0 aromatic heterocycles. The number of para-hydroxylation sites is 1. The second-order valence-corrected chi connectivity index (χ2v) is 7.14. The molecule has 0 unspecified atom stereocenters. The van der Waals surface area contributed by atoms with Gasteiger partial charge in [0.2, 0.25) is 5.91 Å². The molecular weight excluding hydrogens is 324 g/mol. The molecule has 0 saturated heterocycles. The van der Waals surface area contributed by atoms with Crippen molar-refractivity contribution in [2.75, 3.05) is 13.7 Å². The van der Waals surface area contributed by atoms with Crippen LogP contribution in [0.5, 0.6) is 5.75 Å². The summed E-state index contributed by atoms with van der Waals surface area (Å²) >= 11 is 0. The normalized spacial score (nSPS) is 17.2. The molecule has 1 aromatic carbocycles. The lowest BCUT2D eigenvalue weighted by molar-refractivity contribution is -0.123. The number of ether oxygens (including phenoxy) is 1. The summed E-state index contributed by atoms with van der Waals surface area (Å²) in [4.78, 5) is 12.3. The van der Waals surface area contributed by atoms with E-state index in [0.29, 0.717) is 18.9 Å². The third-order valence-electron chi connectivity index (χ3n) is 4.90. The molecule has 1 aromatic rings. The Hall–Kier alpha value is -1.26. The van der Waals surface area contributed by atoms with E-state index in [1.54, 1.807) is 7.11 Å². The quantitative estimate of drug-likeness (QED) is 0.788. The topological polar surface area (TPSA) is 64.3 Å². The lowest BCUT2D eigenvalue weighted by Gasteiger charge is -2.32. The van der Waals surface area contributed by atoms with Crippen LogP contribution in [-0.4, -0.2) is 25.6 Å². The number of hydrogen-bond acceptors (Lipinski definition) is 3. The van der Waals surface area contributed by atoms with Gasteiger partial charge >= 0.3 is 0 Å². The van der Waals surface area contributed by atoms with Gasteiger partial charge in [-0.05, 0) is 31.2 Å². The second-order valence-electron chi connectivity index (χ2n) is 7.14. The molecule has 136 valence electrons. The molecule has 1 fully saturated rings. The van der Waals surface area contributed by atoms with Gasteiger partial charge in [0.25, 0.3) is 0 Å². The van der Waals surface area contributed by atoms with E-state index in [1.807, 2.05) is 18.2 Å². The molecule has 3 N–H and O–H groups in total. The van der Waals surface area contributed by atoms with Crippen LogP contribution >= 0.6 is 12.4 Å². The monoisotopic (exact) mass is 354 g/mol. The Bertz CT molecular complexity index is 528. The number of hydrogen-bond donors (Lipinski definition) is 2. The maximum absolute atomic E-state index is 12.3. The third kappa shape index (κ3) is 4.87. The van der Waals surface area contributed by atoms with Crippen LogP contribution in [0.1, 0.15) is 51.5 Å². The molecule has 0 radical (unpaired) electrons. The van der Waals surface area contributed by atoms with Crippen molar-refractivity contribution in [2.45, 2.75) is 57.4 Å². The van der Waals surface area contributed by atoms with Crippen LogP contribution in [0.2, 0.25) is 0 Å². The highest BCUT2D eigenvalue weighted by Crippen LogP contribution is 2.44. The van der Waals surface area contributed by atoms with Crippen LogP contribution in [0.4, 0.5) is 0 Å². The van der Waals surface area contributed by atoms with Crippen molar-refractivity contribution in [3.05, 3.63) is 29.8 Å². The van der Waals surface area contributed by atoms with E-state index in [9.17, 15) is 4.79 Å². The Kier molecular flexibility index (Phi) is 8.04. The van der Waals surface area contributed by atoms with Crippen molar-refractivity contribution in [3.63, 3.8) is 0 Å². The Morgan fingerprint density at radius 3 is 2.50 bits per heavy atom. The van der Waals surface area contributed by atoms with E-state index in [0.717, 1.165) is 18.6 Å². The van der Waals surface area contributed by atoms with Gasteiger partial charge in [0.05, 0.1) is 13.2 Å². The smallest absolute Gasteiger partial charge is 0.236 e. The summed E-state index contributed by atoms with van der Waals surface area (Å²) in [5.74, 6) is 1.29. The molecule has 1 aliphatic carbocycles. The van der Waals surface area contributed by atoms with Gasteiger partial charge in [-0.3, -0.25) is 4.79 Å². The maximum Gasteiger partial charge on any atom is 0.236 e. The van der Waals surface area contributed by atoms with Crippen molar-refractivity contribution >= 4 is 18.3 Å². The number of methoxy groups -OCH3 is 1. The van der Waals surface area contributed by atoms with Crippen LogP contribution in [-0.2, 0) is 10.2 Å². The molecule has 0 bridgehead atoms. The van der Waals surface area contributed by atoms with E-state index in [2.05, 4.69) is 25.2 Å². The van der Waals surface area contributed by atoms with E-state index >= 15 is 0 Å². The molecule has 24 heavy (non-hydrogen) atoms. The van der Waals surface area contributed by atoms with E-state index in [4.69, 9.17) is 10.5 Å². The minimum atomic E-state index is -0.425. The molecule has 1 saturated carbocycles. The standard InChI is InChI=1S/C19H30N2O2.ClH/c1-14(2)12-16(20)18(22)21-13-19(10-6-7-11-19)15-8-4-5-9-17(15)23-3;/h4-5,8-9,14,16H,6-7,10-13,20H2,1-3H3,(H,21,22);1H/t16-;/m0./s1. The first-order valence-electron chi connectivity index (χ1n) is 8.65. The van der Waals surface area contributed by atoms with Gasteiger partial charge in [0.15, 0.2) is 0 Å². The summed E-state index contributed by atoms with van der Waals surface area (Å²) < 4.78 is 5.55. The van der Waals surface area contributed by atoms with Gasteiger partial charge in [-0.2, -0.15) is 0 Å². The lowest BCUT2D eigenvalue weighted by atomic mass is 9.78. The summed E-state index contributed by atoms with van der Waals surface area (Å²) in [5.41, 5.74) is 7.18. The zero-order valence-electron chi connectivity index (χ0n) is 15.0. The third-order valence-corrected chi connectivity index (χ3v) is 4.90. The number of nitrogens with two attached hydrogens (primary N) is 1. The molecule has 1 amide bonds. The Balaban J connectivity index is 0.00000288. The van der Waals surface area contributed by atoms with Crippen molar-refractivity contribution in [1.82, 2.24) is 5.32 Å². The number of carbonyl (C=O) groups is 1. The van der Waals surface area contributed by atoms with Crippen LogP contribution in [0.15, 0.2) is 24.3 Å². The number of halogens is 1. The fourth-order valence-corrected chi connectivity index (χ4v) is 3.68. The fourth-order valence-electron chi connectivity index (χ4n) is 3.68. The summed E-state index contributed by atoms with van der Waals surface area (Å²) in [5, 5.41) is 3.10. The maximum atomic E-state index is 12.3. The van der Waals surface area contributed by atoms with Gasteiger partial charge in [-0.1, -0.05) is 44.9 Å². The van der Waals surface area contributed by atoms with Gasteiger partial charge in [0, 0.05) is 17.5 Å². The first-order chi connectivity index (χ1) is 11.0. The van der Waals surface area contributed by atoms with E-state index in [1.165, 1.54) is 18.4 Å². The molecule has 2 rings (SSSR count).